The maximum Gasteiger partial charge on any atom is 0.261 e. The molecule has 1 amide bonds. The summed E-state index contributed by atoms with van der Waals surface area (Å²) in [4.78, 5) is 20.9. The summed E-state index contributed by atoms with van der Waals surface area (Å²) in [6, 6.07) is 13.4. The molecule has 2 heterocycles. The van der Waals surface area contributed by atoms with E-state index in [2.05, 4.69) is 4.98 Å². The first-order valence-corrected chi connectivity index (χ1v) is 11.2. The number of benzene rings is 2. The molecule has 0 radical (unpaired) electrons. The van der Waals surface area contributed by atoms with Crippen molar-refractivity contribution in [2.45, 2.75) is 23.8 Å². The van der Waals surface area contributed by atoms with Crippen LogP contribution in [0.15, 0.2) is 47.4 Å². The minimum Gasteiger partial charge on any atom is -0.376 e. The summed E-state index contributed by atoms with van der Waals surface area (Å²) in [6.45, 7) is 1.25. The van der Waals surface area contributed by atoms with Gasteiger partial charge in [0.15, 0.2) is 5.13 Å². The number of anilines is 1. The zero-order valence-electron chi connectivity index (χ0n) is 14.9. The topological polar surface area (TPSA) is 42.4 Å². The molecule has 0 N–H and O–H groups in total. The van der Waals surface area contributed by atoms with Gasteiger partial charge in [-0.25, -0.2) is 4.98 Å². The van der Waals surface area contributed by atoms with Crippen molar-refractivity contribution < 1.29 is 9.53 Å². The molecule has 1 atom stereocenters. The average molecular weight is 419 g/mol. The van der Waals surface area contributed by atoms with Gasteiger partial charge in [-0.05, 0) is 43.4 Å². The van der Waals surface area contributed by atoms with E-state index in [0.29, 0.717) is 22.3 Å². The van der Waals surface area contributed by atoms with Crippen LogP contribution in [0.3, 0.4) is 0 Å². The molecule has 1 unspecified atom stereocenters. The number of halogens is 1. The Morgan fingerprint density at radius 1 is 1.33 bits per heavy atom. The largest absolute Gasteiger partial charge is 0.376 e. The van der Waals surface area contributed by atoms with Crippen molar-refractivity contribution in [3.63, 3.8) is 0 Å². The fourth-order valence-electron chi connectivity index (χ4n) is 3.23. The third kappa shape index (κ3) is 3.85. The van der Waals surface area contributed by atoms with Gasteiger partial charge in [0.25, 0.3) is 5.91 Å². The van der Waals surface area contributed by atoms with Gasteiger partial charge in [-0.3, -0.25) is 9.69 Å². The Hall–Kier alpha value is -1.60. The second kappa shape index (κ2) is 8.19. The first kappa shape index (κ1) is 18.7. The number of fused-ring (bicyclic) bond motifs is 1. The molecular formula is C20H19ClN2O2S2. The van der Waals surface area contributed by atoms with Gasteiger partial charge in [0.1, 0.15) is 5.52 Å². The number of ether oxygens (including phenoxy) is 1. The standard InChI is InChI=1S/C20H19ClN2O2S2/c1-26-16-9-3-2-7-14(16)19(24)23(12-13-6-5-11-25-13)20-22-18-15(21)8-4-10-17(18)27-20/h2-4,7-10,13H,5-6,11-12H2,1H3. The number of para-hydroxylation sites is 1. The molecule has 1 saturated heterocycles. The van der Waals surface area contributed by atoms with E-state index in [1.54, 1.807) is 16.7 Å². The van der Waals surface area contributed by atoms with E-state index in [-0.39, 0.29) is 12.0 Å². The molecule has 0 saturated carbocycles. The fraction of sp³-hybridized carbons (Fsp3) is 0.300. The first-order valence-electron chi connectivity index (χ1n) is 8.79. The van der Waals surface area contributed by atoms with Crippen molar-refractivity contribution in [3.8, 4) is 0 Å². The second-order valence-corrected chi connectivity index (χ2v) is 8.60. The maximum atomic E-state index is 13.5. The van der Waals surface area contributed by atoms with Crippen molar-refractivity contribution in [1.29, 1.82) is 0 Å². The Morgan fingerprint density at radius 3 is 2.93 bits per heavy atom. The Bertz CT molecular complexity index is 970. The molecule has 1 aromatic heterocycles. The highest BCUT2D eigenvalue weighted by molar-refractivity contribution is 7.98. The number of carbonyl (C=O) groups is 1. The number of aromatic nitrogens is 1. The van der Waals surface area contributed by atoms with Crippen LogP contribution >= 0.6 is 34.7 Å². The third-order valence-corrected chi connectivity index (χ3v) is 6.73. The van der Waals surface area contributed by atoms with Crippen LogP contribution in [0, 0.1) is 0 Å². The summed E-state index contributed by atoms with van der Waals surface area (Å²) in [5.41, 5.74) is 1.43. The maximum absolute atomic E-state index is 13.5. The normalized spacial score (nSPS) is 16.7. The zero-order chi connectivity index (χ0) is 18.8. The van der Waals surface area contributed by atoms with Crippen LogP contribution < -0.4 is 4.90 Å². The monoisotopic (exact) mass is 418 g/mol. The van der Waals surface area contributed by atoms with Crippen LogP contribution in [-0.4, -0.2) is 36.4 Å². The Labute approximate surface area is 171 Å². The average Bonchev–Trinajstić information content (AvgIpc) is 3.35. The molecule has 27 heavy (non-hydrogen) atoms. The summed E-state index contributed by atoms with van der Waals surface area (Å²) < 4.78 is 6.77. The smallest absolute Gasteiger partial charge is 0.261 e. The summed E-state index contributed by atoms with van der Waals surface area (Å²) >= 11 is 9.36. The number of nitrogens with zero attached hydrogens (tertiary/aromatic N) is 2. The van der Waals surface area contributed by atoms with Gasteiger partial charge in [0.2, 0.25) is 0 Å². The van der Waals surface area contributed by atoms with Crippen LogP contribution in [0.2, 0.25) is 5.02 Å². The molecule has 0 bridgehead atoms. The number of thioether (sulfide) groups is 1. The van der Waals surface area contributed by atoms with Gasteiger partial charge in [0, 0.05) is 11.5 Å². The van der Waals surface area contributed by atoms with Crippen molar-refractivity contribution in [2.75, 3.05) is 24.3 Å². The molecular weight excluding hydrogens is 400 g/mol. The van der Waals surface area contributed by atoms with Gasteiger partial charge in [0.05, 0.1) is 27.9 Å². The van der Waals surface area contributed by atoms with Crippen LogP contribution in [0.25, 0.3) is 10.2 Å². The van der Waals surface area contributed by atoms with Crippen molar-refractivity contribution in [3.05, 3.63) is 53.1 Å². The van der Waals surface area contributed by atoms with Crippen LogP contribution in [0.5, 0.6) is 0 Å². The van der Waals surface area contributed by atoms with Gasteiger partial charge < -0.3 is 4.74 Å². The quantitative estimate of drug-likeness (QED) is 0.513. The number of rotatable bonds is 5. The molecule has 4 rings (SSSR count). The van der Waals surface area contributed by atoms with Crippen LogP contribution in [0.1, 0.15) is 23.2 Å². The Morgan fingerprint density at radius 2 is 2.19 bits per heavy atom. The van der Waals surface area contributed by atoms with Gasteiger partial charge >= 0.3 is 0 Å². The summed E-state index contributed by atoms with van der Waals surface area (Å²) in [7, 11) is 0. The molecule has 1 aliphatic rings. The van der Waals surface area contributed by atoms with Crippen LogP contribution in [0.4, 0.5) is 5.13 Å². The molecule has 4 nitrogen and oxygen atoms in total. The summed E-state index contributed by atoms with van der Waals surface area (Å²) in [6.07, 6.45) is 4.01. The van der Waals surface area contributed by atoms with Crippen LogP contribution in [-0.2, 0) is 4.74 Å². The minimum atomic E-state index is -0.0503. The van der Waals surface area contributed by atoms with E-state index >= 15 is 0 Å². The lowest BCUT2D eigenvalue weighted by atomic mass is 10.1. The predicted octanol–water partition coefficient (Wildman–Crippen LogP) is 5.50. The number of hydrogen-bond donors (Lipinski definition) is 0. The molecule has 1 aliphatic heterocycles. The van der Waals surface area contributed by atoms with Crippen molar-refractivity contribution in [2.24, 2.45) is 0 Å². The molecule has 7 heteroatoms. The first-order chi connectivity index (χ1) is 13.2. The molecule has 1 fully saturated rings. The van der Waals surface area contributed by atoms with Crippen molar-refractivity contribution in [1.82, 2.24) is 4.98 Å². The summed E-state index contributed by atoms with van der Waals surface area (Å²) in [5, 5.41) is 1.26. The van der Waals surface area contributed by atoms with E-state index in [0.717, 1.165) is 34.6 Å². The van der Waals surface area contributed by atoms with E-state index in [1.165, 1.54) is 11.3 Å². The molecule has 2 aromatic carbocycles. The lowest BCUT2D eigenvalue weighted by molar-refractivity contribution is 0.0915. The lowest BCUT2D eigenvalue weighted by Crippen LogP contribution is -2.37. The molecule has 0 aliphatic carbocycles. The van der Waals surface area contributed by atoms with E-state index in [1.807, 2.05) is 48.7 Å². The number of carbonyl (C=O) groups excluding carboxylic acids is 1. The van der Waals surface area contributed by atoms with Gasteiger partial charge in [-0.1, -0.05) is 41.1 Å². The third-order valence-electron chi connectivity index (χ3n) is 4.58. The van der Waals surface area contributed by atoms with Gasteiger partial charge in [-0.2, -0.15) is 0 Å². The van der Waals surface area contributed by atoms with E-state index < -0.39 is 0 Å². The number of amides is 1. The number of hydrogen-bond acceptors (Lipinski definition) is 5. The molecule has 140 valence electrons. The molecule has 3 aromatic rings. The van der Waals surface area contributed by atoms with E-state index in [4.69, 9.17) is 16.3 Å². The fourth-order valence-corrected chi connectivity index (χ4v) is 5.09. The minimum absolute atomic E-state index is 0.0397. The zero-order valence-corrected chi connectivity index (χ0v) is 17.2. The summed E-state index contributed by atoms with van der Waals surface area (Å²) in [5.74, 6) is -0.0503. The Balaban J connectivity index is 1.75. The molecule has 0 spiro atoms. The SMILES string of the molecule is CSc1ccccc1C(=O)N(CC1CCCO1)c1nc2c(Cl)cccc2s1. The second-order valence-electron chi connectivity index (χ2n) is 6.33. The highest BCUT2D eigenvalue weighted by Crippen LogP contribution is 2.34. The lowest BCUT2D eigenvalue weighted by Gasteiger charge is -2.24. The van der Waals surface area contributed by atoms with Crippen molar-refractivity contribution >= 4 is 56.0 Å². The Kier molecular flexibility index (Phi) is 5.68. The predicted molar refractivity (Wildman–Crippen MR) is 114 cm³/mol. The van der Waals surface area contributed by atoms with E-state index in [9.17, 15) is 4.79 Å². The number of thiazole rings is 1. The van der Waals surface area contributed by atoms with Gasteiger partial charge in [-0.15, -0.1) is 11.8 Å². The highest BCUT2D eigenvalue weighted by atomic mass is 35.5. The highest BCUT2D eigenvalue weighted by Gasteiger charge is 2.28.